The number of rotatable bonds is 4. The van der Waals surface area contributed by atoms with E-state index in [-0.39, 0.29) is 17.8 Å². The van der Waals surface area contributed by atoms with Gasteiger partial charge in [0.15, 0.2) is 0 Å². The fourth-order valence-corrected chi connectivity index (χ4v) is 4.92. The highest BCUT2D eigenvalue weighted by atomic mass is 19.1. The quantitative estimate of drug-likeness (QED) is 0.583. The lowest BCUT2D eigenvalue weighted by molar-refractivity contribution is -0.126. The summed E-state index contributed by atoms with van der Waals surface area (Å²) in [7, 11) is 1.96. The zero-order chi connectivity index (χ0) is 24.0. The van der Waals surface area contributed by atoms with E-state index in [0.29, 0.717) is 35.1 Å². The van der Waals surface area contributed by atoms with Crippen LogP contribution in [0.1, 0.15) is 48.1 Å². The Morgan fingerprint density at radius 1 is 1.21 bits per heavy atom. The van der Waals surface area contributed by atoms with E-state index in [0.717, 1.165) is 30.5 Å². The Morgan fingerprint density at radius 3 is 2.71 bits per heavy atom. The molecule has 174 valence electrons. The van der Waals surface area contributed by atoms with E-state index < -0.39 is 0 Å². The summed E-state index contributed by atoms with van der Waals surface area (Å²) in [6, 6.07) is 13.4. The average Bonchev–Trinajstić information content (AvgIpc) is 3.65. The molecular formula is C29H30FN3O. The van der Waals surface area contributed by atoms with E-state index >= 15 is 0 Å². The van der Waals surface area contributed by atoms with Gasteiger partial charge in [-0.3, -0.25) is 4.79 Å². The Labute approximate surface area is 200 Å². The largest absolute Gasteiger partial charge is 0.333 e. The second-order valence-corrected chi connectivity index (χ2v) is 9.53. The lowest BCUT2D eigenvalue weighted by atomic mass is 9.93. The molecule has 5 rings (SSSR count). The van der Waals surface area contributed by atoms with Crippen molar-refractivity contribution in [1.82, 2.24) is 9.80 Å². The van der Waals surface area contributed by atoms with Crippen LogP contribution in [-0.4, -0.2) is 35.0 Å². The third-order valence-corrected chi connectivity index (χ3v) is 7.09. The van der Waals surface area contributed by atoms with Crippen LogP contribution in [0.15, 0.2) is 77.7 Å². The average molecular weight is 456 g/mol. The van der Waals surface area contributed by atoms with Gasteiger partial charge in [0, 0.05) is 24.9 Å². The highest BCUT2D eigenvalue weighted by Gasteiger charge is 2.35. The van der Waals surface area contributed by atoms with Gasteiger partial charge < -0.3 is 9.80 Å². The zero-order valence-corrected chi connectivity index (χ0v) is 20.0. The van der Waals surface area contributed by atoms with Crippen molar-refractivity contribution in [3.8, 4) is 0 Å². The Balaban J connectivity index is 1.48. The molecule has 1 saturated carbocycles. The van der Waals surface area contributed by atoms with E-state index in [1.807, 2.05) is 42.0 Å². The Kier molecular flexibility index (Phi) is 5.72. The molecule has 1 atom stereocenters. The van der Waals surface area contributed by atoms with Crippen molar-refractivity contribution in [2.24, 2.45) is 10.9 Å². The van der Waals surface area contributed by atoms with Crippen molar-refractivity contribution in [2.75, 3.05) is 13.6 Å². The molecule has 1 aliphatic carbocycles. The number of benzene rings is 2. The first-order valence-corrected chi connectivity index (χ1v) is 11.9. The second kappa shape index (κ2) is 8.71. The number of nitrogens with zero attached hydrogens (tertiary/aromatic N) is 3. The lowest BCUT2D eigenvalue weighted by Gasteiger charge is -2.36. The highest BCUT2D eigenvalue weighted by molar-refractivity contribution is 6.44. The van der Waals surface area contributed by atoms with Crippen molar-refractivity contribution in [3.63, 3.8) is 0 Å². The van der Waals surface area contributed by atoms with E-state index in [1.54, 1.807) is 12.1 Å². The Morgan fingerprint density at radius 2 is 1.97 bits per heavy atom. The van der Waals surface area contributed by atoms with Gasteiger partial charge >= 0.3 is 0 Å². The number of carbonyl (C=O) groups is 1. The van der Waals surface area contributed by atoms with Gasteiger partial charge in [0.05, 0.1) is 6.04 Å². The monoisotopic (exact) mass is 455 g/mol. The SMILES string of the molecule is C=C(/C=C1/N=C(C(=O)N2CCc3ccccc3C2C)C=C(C2CC2)N1C)c1ccc(C)cc1F. The minimum Gasteiger partial charge on any atom is -0.333 e. The van der Waals surface area contributed by atoms with Crippen molar-refractivity contribution >= 4 is 17.2 Å². The molecule has 5 heteroatoms. The zero-order valence-electron chi connectivity index (χ0n) is 20.0. The van der Waals surface area contributed by atoms with Gasteiger partial charge in [-0.05, 0) is 79.5 Å². The van der Waals surface area contributed by atoms with Crippen LogP contribution in [0.25, 0.3) is 5.57 Å². The van der Waals surface area contributed by atoms with Gasteiger partial charge in [-0.1, -0.05) is 43.0 Å². The number of hydrogen-bond donors (Lipinski definition) is 0. The topological polar surface area (TPSA) is 35.9 Å². The molecule has 0 aromatic heterocycles. The standard InChI is InChI=1S/C29H30FN3O/c1-18-9-12-23(25(30)15-18)19(2)16-28-31-26(17-27(32(28)4)22-10-11-22)29(34)33-14-13-21-7-5-6-8-24(21)20(33)3/h5-9,12,15-17,20,22H,2,10-11,13-14H2,1,3-4H3/b28-16-. The number of aryl methyl sites for hydroxylation is 1. The molecular weight excluding hydrogens is 425 g/mol. The number of carbonyl (C=O) groups excluding carboxylic acids is 1. The van der Waals surface area contributed by atoms with Crippen molar-refractivity contribution in [1.29, 1.82) is 0 Å². The molecule has 1 fully saturated rings. The molecule has 34 heavy (non-hydrogen) atoms. The summed E-state index contributed by atoms with van der Waals surface area (Å²) in [6.45, 7) is 8.70. The van der Waals surface area contributed by atoms with Crippen LogP contribution in [0, 0.1) is 18.7 Å². The van der Waals surface area contributed by atoms with Crippen LogP contribution < -0.4 is 0 Å². The number of halogens is 1. The van der Waals surface area contributed by atoms with Gasteiger partial charge in [0.2, 0.25) is 0 Å². The molecule has 2 aromatic carbocycles. The molecule has 0 saturated heterocycles. The molecule has 1 unspecified atom stereocenters. The number of allylic oxidation sites excluding steroid dienone is 3. The fourth-order valence-electron chi connectivity index (χ4n) is 4.92. The summed E-state index contributed by atoms with van der Waals surface area (Å²) in [5, 5.41) is 0. The predicted octanol–water partition coefficient (Wildman–Crippen LogP) is 5.81. The first-order chi connectivity index (χ1) is 16.3. The lowest BCUT2D eigenvalue weighted by Crippen LogP contribution is -2.43. The van der Waals surface area contributed by atoms with Crippen LogP contribution in [-0.2, 0) is 11.2 Å². The third kappa shape index (κ3) is 4.11. The van der Waals surface area contributed by atoms with Crippen LogP contribution in [0.4, 0.5) is 4.39 Å². The minimum absolute atomic E-state index is 0.0124. The molecule has 0 spiro atoms. The van der Waals surface area contributed by atoms with Crippen molar-refractivity contribution in [2.45, 2.75) is 39.2 Å². The fraction of sp³-hybridized carbons (Fsp3) is 0.310. The predicted molar refractivity (Wildman–Crippen MR) is 135 cm³/mol. The maximum atomic E-state index is 14.6. The molecule has 0 N–H and O–H groups in total. The van der Waals surface area contributed by atoms with Gasteiger partial charge in [0.25, 0.3) is 5.91 Å². The minimum atomic E-state index is -0.306. The summed E-state index contributed by atoms with van der Waals surface area (Å²) in [6.07, 6.45) is 6.77. The van der Waals surface area contributed by atoms with E-state index in [1.165, 1.54) is 17.2 Å². The second-order valence-electron chi connectivity index (χ2n) is 9.53. The van der Waals surface area contributed by atoms with Crippen molar-refractivity contribution < 1.29 is 9.18 Å². The Hall–Kier alpha value is -3.47. The maximum Gasteiger partial charge on any atom is 0.273 e. The normalized spacial score (nSPS) is 21.2. The first-order valence-electron chi connectivity index (χ1n) is 11.9. The molecule has 4 nitrogen and oxygen atoms in total. The molecule has 2 heterocycles. The molecule has 0 bridgehead atoms. The smallest absolute Gasteiger partial charge is 0.273 e. The molecule has 2 aliphatic heterocycles. The summed E-state index contributed by atoms with van der Waals surface area (Å²) < 4.78 is 14.6. The molecule has 2 aromatic rings. The van der Waals surface area contributed by atoms with Crippen LogP contribution in [0.2, 0.25) is 0 Å². The van der Waals surface area contributed by atoms with Crippen LogP contribution >= 0.6 is 0 Å². The summed E-state index contributed by atoms with van der Waals surface area (Å²) in [5.41, 5.74) is 5.86. The van der Waals surface area contributed by atoms with Gasteiger partial charge in [-0.15, -0.1) is 0 Å². The van der Waals surface area contributed by atoms with Crippen LogP contribution in [0.3, 0.4) is 0 Å². The van der Waals surface area contributed by atoms with Crippen molar-refractivity contribution in [3.05, 3.63) is 101 Å². The third-order valence-electron chi connectivity index (χ3n) is 7.09. The van der Waals surface area contributed by atoms with Gasteiger partial charge in [0.1, 0.15) is 17.3 Å². The number of aliphatic imine (C=N–C) groups is 1. The van der Waals surface area contributed by atoms with Gasteiger partial charge in [-0.25, -0.2) is 9.38 Å². The summed E-state index contributed by atoms with van der Waals surface area (Å²) in [5.74, 6) is 0.670. The van der Waals surface area contributed by atoms with Gasteiger partial charge in [-0.2, -0.15) is 0 Å². The van der Waals surface area contributed by atoms with E-state index in [2.05, 4.69) is 31.7 Å². The summed E-state index contributed by atoms with van der Waals surface area (Å²) in [4.78, 5) is 22.4. The van der Waals surface area contributed by atoms with E-state index in [4.69, 9.17) is 4.99 Å². The maximum absolute atomic E-state index is 14.6. The van der Waals surface area contributed by atoms with Crippen LogP contribution in [0.5, 0.6) is 0 Å². The number of fused-ring (bicyclic) bond motifs is 1. The number of amides is 1. The van der Waals surface area contributed by atoms with E-state index in [9.17, 15) is 9.18 Å². The number of hydrogen-bond acceptors (Lipinski definition) is 3. The first kappa shape index (κ1) is 22.3. The Bertz CT molecular complexity index is 1270. The molecule has 0 radical (unpaired) electrons. The summed E-state index contributed by atoms with van der Waals surface area (Å²) >= 11 is 0. The highest BCUT2D eigenvalue weighted by Crippen LogP contribution is 2.41. The molecule has 3 aliphatic rings. The molecule has 1 amide bonds.